The molecule has 2 amide bonds. The summed E-state index contributed by atoms with van der Waals surface area (Å²) in [5.74, 6) is 1.36. The highest BCUT2D eigenvalue weighted by Crippen LogP contribution is 2.37. The molecule has 1 aromatic rings. The van der Waals surface area contributed by atoms with E-state index in [-0.39, 0.29) is 6.03 Å². The van der Waals surface area contributed by atoms with E-state index in [0.29, 0.717) is 11.9 Å². The number of nitrogens with one attached hydrogen (secondary N) is 1. The average molecular weight is 306 g/mol. The maximum atomic E-state index is 12.5. The summed E-state index contributed by atoms with van der Waals surface area (Å²) in [5, 5.41) is 7.35. The van der Waals surface area contributed by atoms with Crippen LogP contribution in [0.25, 0.3) is 0 Å². The van der Waals surface area contributed by atoms with Crippen LogP contribution in [-0.2, 0) is 11.3 Å². The van der Waals surface area contributed by atoms with E-state index in [1.54, 1.807) is 7.11 Å². The molecule has 1 saturated carbocycles. The van der Waals surface area contributed by atoms with E-state index in [4.69, 9.17) is 4.74 Å². The zero-order valence-electron chi connectivity index (χ0n) is 13.3. The summed E-state index contributed by atoms with van der Waals surface area (Å²) in [7, 11) is 1.70. The van der Waals surface area contributed by atoms with Crippen LogP contribution in [0.15, 0.2) is 12.3 Å². The molecule has 2 fully saturated rings. The van der Waals surface area contributed by atoms with Gasteiger partial charge in [0.25, 0.3) is 0 Å². The second-order valence-corrected chi connectivity index (χ2v) is 6.33. The van der Waals surface area contributed by atoms with Crippen LogP contribution >= 0.6 is 0 Å². The molecule has 0 aromatic carbocycles. The minimum absolute atomic E-state index is 0.0107. The van der Waals surface area contributed by atoms with Crippen molar-refractivity contribution >= 4 is 11.8 Å². The van der Waals surface area contributed by atoms with E-state index in [9.17, 15) is 4.79 Å². The Morgan fingerprint density at radius 1 is 1.41 bits per heavy atom. The number of ether oxygens (including phenoxy) is 1. The lowest BCUT2D eigenvalue weighted by atomic mass is 9.79. The third kappa shape index (κ3) is 3.43. The van der Waals surface area contributed by atoms with Crippen LogP contribution in [-0.4, -0.2) is 47.0 Å². The molecule has 1 atom stereocenters. The molecular formula is C16H26N4O2. The number of rotatable bonds is 6. The Morgan fingerprint density at radius 2 is 2.27 bits per heavy atom. The fourth-order valence-electron chi connectivity index (χ4n) is 3.46. The molecule has 122 valence electrons. The van der Waals surface area contributed by atoms with Crippen molar-refractivity contribution in [3.05, 3.63) is 12.3 Å². The number of amides is 2. The summed E-state index contributed by atoms with van der Waals surface area (Å²) in [6, 6.07) is 2.31. The van der Waals surface area contributed by atoms with Crippen molar-refractivity contribution < 1.29 is 9.53 Å². The van der Waals surface area contributed by atoms with Gasteiger partial charge in [0.2, 0.25) is 0 Å². The summed E-state index contributed by atoms with van der Waals surface area (Å²) >= 11 is 0. The third-order valence-electron chi connectivity index (χ3n) is 4.87. The summed E-state index contributed by atoms with van der Waals surface area (Å²) in [4.78, 5) is 14.5. The van der Waals surface area contributed by atoms with Gasteiger partial charge in [-0.3, -0.25) is 10.00 Å². The number of hydrogen-bond acceptors (Lipinski definition) is 3. The van der Waals surface area contributed by atoms with Gasteiger partial charge in [0.05, 0.1) is 0 Å². The monoisotopic (exact) mass is 306 g/mol. The third-order valence-corrected chi connectivity index (χ3v) is 4.87. The Kier molecular flexibility index (Phi) is 4.97. The Bertz CT molecular complexity index is 498. The lowest BCUT2D eigenvalue weighted by molar-refractivity contribution is 0.147. The molecule has 0 unspecified atom stereocenters. The highest BCUT2D eigenvalue weighted by Gasteiger charge is 2.37. The van der Waals surface area contributed by atoms with Gasteiger partial charge in [-0.1, -0.05) is 6.42 Å². The molecule has 1 aliphatic heterocycles. The number of methoxy groups -OCH3 is 1. The minimum Gasteiger partial charge on any atom is -0.385 e. The molecule has 1 aromatic heterocycles. The lowest BCUT2D eigenvalue weighted by Crippen LogP contribution is -2.44. The zero-order chi connectivity index (χ0) is 15.4. The van der Waals surface area contributed by atoms with Gasteiger partial charge < -0.3 is 9.64 Å². The van der Waals surface area contributed by atoms with E-state index >= 15 is 0 Å². The summed E-state index contributed by atoms with van der Waals surface area (Å²) in [6.45, 7) is 2.40. The second-order valence-electron chi connectivity index (χ2n) is 6.33. The molecule has 1 N–H and O–H groups in total. The Balaban J connectivity index is 1.52. The average Bonchev–Trinajstić information content (AvgIpc) is 3.07. The topological polar surface area (TPSA) is 59.4 Å². The van der Waals surface area contributed by atoms with Crippen molar-refractivity contribution in [1.29, 1.82) is 0 Å². The normalized spacial score (nSPS) is 21.9. The fourth-order valence-corrected chi connectivity index (χ4v) is 3.46. The molecule has 1 saturated heterocycles. The molecule has 6 nitrogen and oxygen atoms in total. The van der Waals surface area contributed by atoms with Gasteiger partial charge in [-0.15, -0.1) is 0 Å². The maximum absolute atomic E-state index is 12.5. The van der Waals surface area contributed by atoms with E-state index in [1.807, 2.05) is 21.8 Å². The summed E-state index contributed by atoms with van der Waals surface area (Å²) < 4.78 is 6.88. The van der Waals surface area contributed by atoms with Crippen LogP contribution in [0.3, 0.4) is 0 Å². The van der Waals surface area contributed by atoms with Crippen LogP contribution < -0.4 is 5.32 Å². The van der Waals surface area contributed by atoms with Crippen molar-refractivity contribution in [1.82, 2.24) is 14.7 Å². The van der Waals surface area contributed by atoms with E-state index in [2.05, 4.69) is 10.4 Å². The van der Waals surface area contributed by atoms with Crippen molar-refractivity contribution in [2.24, 2.45) is 5.92 Å². The highest BCUT2D eigenvalue weighted by atomic mass is 16.5. The first-order chi connectivity index (χ1) is 10.8. The van der Waals surface area contributed by atoms with Crippen LogP contribution in [0, 0.1) is 5.92 Å². The molecule has 6 heteroatoms. The fraction of sp³-hybridized carbons (Fsp3) is 0.750. The smallest absolute Gasteiger partial charge is 0.323 e. The van der Waals surface area contributed by atoms with Crippen LogP contribution in [0.5, 0.6) is 0 Å². The molecule has 2 aliphatic rings. The maximum Gasteiger partial charge on any atom is 0.323 e. The first-order valence-electron chi connectivity index (χ1n) is 8.38. The molecular weight excluding hydrogens is 280 g/mol. The first-order valence-corrected chi connectivity index (χ1v) is 8.38. The number of aryl methyl sites for hydroxylation is 1. The number of nitrogens with zero attached hydrogens (tertiary/aromatic N) is 3. The Morgan fingerprint density at radius 3 is 3.00 bits per heavy atom. The SMILES string of the molecule is COCCCn1ccc(NC(=O)N2CCC[C@@H]2C2CCC2)n1. The molecule has 2 heterocycles. The van der Waals surface area contributed by atoms with Gasteiger partial charge in [0.1, 0.15) is 0 Å². The van der Waals surface area contributed by atoms with E-state index in [0.717, 1.165) is 44.9 Å². The standard InChI is InChI=1S/C16H26N4O2/c1-22-12-4-9-19-11-8-15(18-19)17-16(21)20-10-3-7-14(20)13-5-2-6-13/h8,11,13-14H,2-7,9-10,12H2,1H3,(H,17,18,21)/t14-/m1/s1. The van der Waals surface area contributed by atoms with Gasteiger partial charge in [-0.05, 0) is 38.0 Å². The van der Waals surface area contributed by atoms with Crippen molar-refractivity contribution in [2.45, 2.75) is 51.1 Å². The van der Waals surface area contributed by atoms with Crippen LogP contribution in [0.2, 0.25) is 0 Å². The zero-order valence-corrected chi connectivity index (χ0v) is 13.3. The molecule has 0 spiro atoms. The minimum atomic E-state index is 0.0107. The molecule has 22 heavy (non-hydrogen) atoms. The predicted molar refractivity (Wildman–Crippen MR) is 84.8 cm³/mol. The largest absolute Gasteiger partial charge is 0.385 e. The van der Waals surface area contributed by atoms with Gasteiger partial charge in [0, 0.05) is 45.1 Å². The van der Waals surface area contributed by atoms with Crippen LogP contribution in [0.4, 0.5) is 10.6 Å². The van der Waals surface area contributed by atoms with Gasteiger partial charge in [0.15, 0.2) is 5.82 Å². The first kappa shape index (κ1) is 15.3. The number of likely N-dealkylation sites (tertiary alicyclic amines) is 1. The number of aromatic nitrogens is 2. The summed E-state index contributed by atoms with van der Waals surface area (Å²) in [6.07, 6.45) is 8.98. The Labute approximate surface area is 131 Å². The van der Waals surface area contributed by atoms with E-state index < -0.39 is 0 Å². The number of carbonyl (C=O) groups is 1. The number of urea groups is 1. The van der Waals surface area contributed by atoms with E-state index in [1.165, 1.54) is 19.3 Å². The highest BCUT2D eigenvalue weighted by molar-refractivity contribution is 5.88. The second kappa shape index (κ2) is 7.13. The molecule has 1 aliphatic carbocycles. The van der Waals surface area contributed by atoms with Crippen LogP contribution in [0.1, 0.15) is 38.5 Å². The van der Waals surface area contributed by atoms with Gasteiger partial charge >= 0.3 is 6.03 Å². The molecule has 3 rings (SSSR count). The predicted octanol–water partition coefficient (Wildman–Crippen LogP) is 2.72. The Hall–Kier alpha value is -1.56. The number of hydrogen-bond donors (Lipinski definition) is 1. The lowest BCUT2D eigenvalue weighted by Gasteiger charge is -2.36. The molecule has 0 radical (unpaired) electrons. The van der Waals surface area contributed by atoms with Crippen molar-refractivity contribution in [3.63, 3.8) is 0 Å². The molecule has 0 bridgehead atoms. The van der Waals surface area contributed by atoms with Crippen molar-refractivity contribution in [3.8, 4) is 0 Å². The number of carbonyl (C=O) groups excluding carboxylic acids is 1. The van der Waals surface area contributed by atoms with Gasteiger partial charge in [-0.2, -0.15) is 5.10 Å². The number of anilines is 1. The van der Waals surface area contributed by atoms with Crippen molar-refractivity contribution in [2.75, 3.05) is 25.6 Å². The summed E-state index contributed by atoms with van der Waals surface area (Å²) in [5.41, 5.74) is 0. The van der Waals surface area contributed by atoms with Gasteiger partial charge in [-0.25, -0.2) is 4.79 Å². The quantitative estimate of drug-likeness (QED) is 0.822.